The predicted octanol–water partition coefficient (Wildman–Crippen LogP) is 6.50. The molecule has 206 valence electrons. The number of H-pyrrole nitrogens is 1. The molecule has 0 aliphatic carbocycles. The van der Waals surface area contributed by atoms with Crippen molar-refractivity contribution in [1.82, 2.24) is 15.2 Å². The first kappa shape index (κ1) is 27.0. The molecule has 0 amide bonds. The van der Waals surface area contributed by atoms with E-state index in [-0.39, 0.29) is 12.6 Å². The lowest BCUT2D eigenvalue weighted by Gasteiger charge is -2.34. The average Bonchev–Trinajstić information content (AvgIpc) is 3.38. The summed E-state index contributed by atoms with van der Waals surface area (Å²) in [5.41, 5.74) is 4.58. The van der Waals surface area contributed by atoms with Gasteiger partial charge in [0.25, 0.3) is 5.92 Å². The minimum absolute atomic E-state index is 0.150. The number of nitrogens with zero attached hydrogens (tertiary/aromatic N) is 2. The molecule has 2 saturated heterocycles. The summed E-state index contributed by atoms with van der Waals surface area (Å²) in [6.07, 6.45) is 5.49. The quantitative estimate of drug-likeness (QED) is 0.379. The standard InChI is InChI=1S/C15H18F2N2.C15H20F2N2/c1-10-7-12-11-5-3-4-6-13(11)18-14(12)8-19(10)9-15(2,16)17;16-12-8-13(17)10-14(9-12)19-6-1-2-15(4-7-19)3-5-18-11-15/h3-6,10,18H,7-9H2,1-2H3;8-10,18H,1-7,11H2. The largest absolute Gasteiger partial charge is 0.371 e. The van der Waals surface area contributed by atoms with Crippen LogP contribution in [0.15, 0.2) is 42.5 Å². The van der Waals surface area contributed by atoms with E-state index in [2.05, 4.69) is 21.3 Å². The van der Waals surface area contributed by atoms with Crippen LogP contribution >= 0.6 is 0 Å². The van der Waals surface area contributed by atoms with Crippen LogP contribution in [0.5, 0.6) is 0 Å². The molecule has 0 saturated carbocycles. The maximum Gasteiger partial charge on any atom is 0.257 e. The molecule has 6 rings (SSSR count). The van der Waals surface area contributed by atoms with Gasteiger partial charge in [0.1, 0.15) is 11.6 Å². The van der Waals surface area contributed by atoms with Gasteiger partial charge in [0.05, 0.1) is 6.54 Å². The highest BCUT2D eigenvalue weighted by Crippen LogP contribution is 2.38. The SMILES string of the molecule is CC1Cc2c([nH]c3ccccc23)CN1CC(C)(F)F.Fc1cc(F)cc(N2CCCC3(CCNC3)CC2)c1. The molecule has 8 heteroatoms. The number of alkyl halides is 2. The number of hydrogen-bond acceptors (Lipinski definition) is 3. The van der Waals surface area contributed by atoms with Gasteiger partial charge in [0.15, 0.2) is 0 Å². The Morgan fingerprint density at radius 2 is 1.79 bits per heavy atom. The van der Waals surface area contributed by atoms with E-state index in [1.165, 1.54) is 35.9 Å². The van der Waals surface area contributed by atoms with E-state index in [1.807, 2.05) is 30.0 Å². The Hall–Kier alpha value is -2.58. The maximum absolute atomic E-state index is 13.3. The number of fused-ring (bicyclic) bond motifs is 3. The number of para-hydroxylation sites is 1. The summed E-state index contributed by atoms with van der Waals surface area (Å²) in [5, 5.41) is 4.67. The van der Waals surface area contributed by atoms with E-state index in [0.717, 1.165) is 69.6 Å². The third kappa shape index (κ3) is 6.18. The number of nitrogens with one attached hydrogen (secondary N) is 2. The van der Waals surface area contributed by atoms with Crippen LogP contribution < -0.4 is 10.2 Å². The Kier molecular flexibility index (Phi) is 7.74. The molecule has 4 nitrogen and oxygen atoms in total. The fraction of sp³-hybridized carbons (Fsp3) is 0.533. The summed E-state index contributed by atoms with van der Waals surface area (Å²) in [5.74, 6) is -3.62. The third-order valence-electron chi connectivity index (χ3n) is 8.46. The molecule has 2 fully saturated rings. The molecule has 4 heterocycles. The highest BCUT2D eigenvalue weighted by atomic mass is 19.3. The summed E-state index contributed by atoms with van der Waals surface area (Å²) in [6, 6.07) is 12.1. The number of anilines is 1. The Balaban J connectivity index is 0.000000155. The molecule has 2 aromatic carbocycles. The zero-order valence-corrected chi connectivity index (χ0v) is 22.3. The van der Waals surface area contributed by atoms with Gasteiger partial charge in [-0.1, -0.05) is 18.2 Å². The normalized spacial score (nSPS) is 24.3. The highest BCUT2D eigenvalue weighted by Gasteiger charge is 2.35. The molecule has 3 aliphatic heterocycles. The van der Waals surface area contributed by atoms with Gasteiger partial charge < -0.3 is 15.2 Å². The Bertz CT molecular complexity index is 1220. The fourth-order valence-corrected chi connectivity index (χ4v) is 6.43. The number of aromatic amines is 1. The van der Waals surface area contributed by atoms with Crippen molar-refractivity contribution in [3.8, 4) is 0 Å². The van der Waals surface area contributed by atoms with E-state index in [9.17, 15) is 17.6 Å². The van der Waals surface area contributed by atoms with E-state index in [4.69, 9.17) is 0 Å². The van der Waals surface area contributed by atoms with E-state index >= 15 is 0 Å². The molecular formula is C30H38F4N4. The lowest BCUT2D eigenvalue weighted by molar-refractivity contribution is -0.0293. The first-order valence-electron chi connectivity index (χ1n) is 13.7. The van der Waals surface area contributed by atoms with Crippen molar-refractivity contribution < 1.29 is 17.6 Å². The lowest BCUT2D eigenvalue weighted by Crippen LogP contribution is -2.44. The number of aromatic nitrogens is 1. The molecule has 38 heavy (non-hydrogen) atoms. The summed E-state index contributed by atoms with van der Waals surface area (Å²) < 4.78 is 53.0. The van der Waals surface area contributed by atoms with Crippen LogP contribution in [-0.2, 0) is 13.0 Å². The van der Waals surface area contributed by atoms with Gasteiger partial charge >= 0.3 is 0 Å². The number of benzene rings is 2. The van der Waals surface area contributed by atoms with Crippen LogP contribution in [0.3, 0.4) is 0 Å². The Morgan fingerprint density at radius 1 is 1.03 bits per heavy atom. The minimum Gasteiger partial charge on any atom is -0.371 e. The molecule has 1 spiro atoms. The van der Waals surface area contributed by atoms with Gasteiger partial charge in [-0.05, 0) is 74.8 Å². The van der Waals surface area contributed by atoms with Crippen molar-refractivity contribution in [3.63, 3.8) is 0 Å². The summed E-state index contributed by atoms with van der Waals surface area (Å²) >= 11 is 0. The zero-order valence-electron chi connectivity index (χ0n) is 22.3. The molecule has 0 radical (unpaired) electrons. The van der Waals surface area contributed by atoms with E-state index in [0.29, 0.717) is 17.6 Å². The second-order valence-electron chi connectivity index (χ2n) is 11.6. The summed E-state index contributed by atoms with van der Waals surface area (Å²) in [7, 11) is 0. The van der Waals surface area contributed by atoms with Gasteiger partial charge in [0.2, 0.25) is 0 Å². The van der Waals surface area contributed by atoms with Gasteiger partial charge in [0, 0.05) is 67.5 Å². The smallest absolute Gasteiger partial charge is 0.257 e. The summed E-state index contributed by atoms with van der Waals surface area (Å²) in [4.78, 5) is 7.35. The summed E-state index contributed by atoms with van der Waals surface area (Å²) in [6.45, 7) is 7.40. The lowest BCUT2D eigenvalue weighted by atomic mass is 9.80. The molecule has 3 aromatic rings. The molecule has 0 bridgehead atoms. The number of hydrogen-bond donors (Lipinski definition) is 2. The van der Waals surface area contributed by atoms with Crippen LogP contribution in [0, 0.1) is 17.0 Å². The van der Waals surface area contributed by atoms with Crippen molar-refractivity contribution in [3.05, 3.63) is 65.4 Å². The molecular weight excluding hydrogens is 492 g/mol. The zero-order chi connectivity index (χ0) is 26.9. The van der Waals surface area contributed by atoms with Crippen molar-refractivity contribution in [2.45, 2.75) is 64.5 Å². The Labute approximate surface area is 222 Å². The minimum atomic E-state index is -2.64. The predicted molar refractivity (Wildman–Crippen MR) is 145 cm³/mol. The van der Waals surface area contributed by atoms with E-state index in [1.54, 1.807) is 0 Å². The Morgan fingerprint density at radius 3 is 2.50 bits per heavy atom. The average molecular weight is 531 g/mol. The van der Waals surface area contributed by atoms with Crippen molar-refractivity contribution in [2.24, 2.45) is 5.41 Å². The number of halogens is 4. The molecule has 2 unspecified atom stereocenters. The van der Waals surface area contributed by atoms with Crippen LogP contribution in [-0.4, -0.2) is 54.6 Å². The second kappa shape index (κ2) is 10.9. The first-order valence-corrected chi connectivity index (χ1v) is 13.7. The molecule has 2 N–H and O–H groups in total. The fourth-order valence-electron chi connectivity index (χ4n) is 6.43. The topological polar surface area (TPSA) is 34.3 Å². The van der Waals surface area contributed by atoms with E-state index < -0.39 is 17.6 Å². The molecule has 3 aliphatic rings. The van der Waals surface area contributed by atoms with Crippen molar-refractivity contribution >= 4 is 16.6 Å². The van der Waals surface area contributed by atoms with Gasteiger partial charge in [-0.2, -0.15) is 0 Å². The van der Waals surface area contributed by atoms with Crippen LogP contribution in [0.25, 0.3) is 10.9 Å². The third-order valence-corrected chi connectivity index (χ3v) is 8.46. The highest BCUT2D eigenvalue weighted by molar-refractivity contribution is 5.84. The monoisotopic (exact) mass is 530 g/mol. The van der Waals surface area contributed by atoms with Crippen LogP contribution in [0.1, 0.15) is 50.8 Å². The van der Waals surface area contributed by atoms with Crippen molar-refractivity contribution in [1.29, 1.82) is 0 Å². The van der Waals surface area contributed by atoms with Crippen LogP contribution in [0.4, 0.5) is 23.2 Å². The number of rotatable bonds is 3. The van der Waals surface area contributed by atoms with Crippen LogP contribution in [0.2, 0.25) is 0 Å². The first-order chi connectivity index (χ1) is 18.1. The molecule has 2 atom stereocenters. The second-order valence-corrected chi connectivity index (χ2v) is 11.6. The van der Waals surface area contributed by atoms with Gasteiger partial charge in [-0.15, -0.1) is 0 Å². The van der Waals surface area contributed by atoms with Gasteiger partial charge in [-0.3, -0.25) is 4.90 Å². The molecule has 1 aromatic heterocycles. The van der Waals surface area contributed by atoms with Crippen molar-refractivity contribution in [2.75, 3.05) is 37.6 Å². The maximum atomic E-state index is 13.3. The van der Waals surface area contributed by atoms with Gasteiger partial charge in [-0.25, -0.2) is 17.6 Å².